The molecular formula is C12H8BrClO3S. The van der Waals surface area contributed by atoms with E-state index in [0.29, 0.717) is 17.4 Å². The zero-order chi connectivity index (χ0) is 13.1. The molecule has 1 aromatic carbocycles. The third-order valence-electron chi connectivity index (χ3n) is 2.23. The van der Waals surface area contributed by atoms with Gasteiger partial charge < -0.3 is 9.84 Å². The SMILES string of the molecule is O=C(O)c1ccc(OCc2sccc2Br)c(Cl)c1. The number of thiophene rings is 1. The zero-order valence-corrected chi connectivity index (χ0v) is 12.2. The quantitative estimate of drug-likeness (QED) is 0.889. The van der Waals surface area contributed by atoms with E-state index in [1.54, 1.807) is 17.4 Å². The minimum atomic E-state index is -1.01. The third kappa shape index (κ3) is 3.04. The summed E-state index contributed by atoms with van der Waals surface area (Å²) in [5, 5.41) is 11.1. The minimum Gasteiger partial charge on any atom is -0.486 e. The monoisotopic (exact) mass is 346 g/mol. The van der Waals surface area contributed by atoms with Crippen LogP contribution in [0, 0.1) is 0 Å². The van der Waals surface area contributed by atoms with Gasteiger partial charge in [-0.1, -0.05) is 11.6 Å². The van der Waals surface area contributed by atoms with E-state index in [2.05, 4.69) is 15.9 Å². The molecule has 0 aliphatic rings. The fourth-order valence-electron chi connectivity index (χ4n) is 1.32. The molecule has 0 aliphatic carbocycles. The molecule has 3 nitrogen and oxygen atoms in total. The van der Waals surface area contributed by atoms with Crippen LogP contribution in [0.3, 0.4) is 0 Å². The molecule has 0 radical (unpaired) electrons. The standard InChI is InChI=1S/C12H8BrClO3S/c13-8-3-4-18-11(8)6-17-10-2-1-7(12(15)16)5-9(10)14/h1-5H,6H2,(H,15,16). The average Bonchev–Trinajstić information content (AvgIpc) is 2.73. The van der Waals surface area contributed by atoms with Crippen LogP contribution in [0.5, 0.6) is 5.75 Å². The van der Waals surface area contributed by atoms with Crippen LogP contribution in [0.2, 0.25) is 5.02 Å². The maximum absolute atomic E-state index is 10.7. The second-order valence-electron chi connectivity index (χ2n) is 3.43. The molecule has 6 heteroatoms. The van der Waals surface area contributed by atoms with Crippen molar-refractivity contribution in [2.45, 2.75) is 6.61 Å². The lowest BCUT2D eigenvalue weighted by molar-refractivity contribution is 0.0697. The van der Waals surface area contributed by atoms with Crippen molar-refractivity contribution in [3.8, 4) is 5.75 Å². The predicted octanol–water partition coefficient (Wildman–Crippen LogP) is 4.44. The highest BCUT2D eigenvalue weighted by atomic mass is 79.9. The Morgan fingerprint density at radius 3 is 2.78 bits per heavy atom. The summed E-state index contributed by atoms with van der Waals surface area (Å²) in [6.45, 7) is 0.393. The Balaban J connectivity index is 2.11. The van der Waals surface area contributed by atoms with Gasteiger partial charge >= 0.3 is 5.97 Å². The van der Waals surface area contributed by atoms with Gasteiger partial charge in [0.25, 0.3) is 0 Å². The number of ether oxygens (including phenoxy) is 1. The second-order valence-corrected chi connectivity index (χ2v) is 5.69. The molecule has 0 bridgehead atoms. The van der Waals surface area contributed by atoms with Crippen LogP contribution in [0.25, 0.3) is 0 Å². The lowest BCUT2D eigenvalue weighted by atomic mass is 10.2. The summed E-state index contributed by atoms with van der Waals surface area (Å²) in [5.41, 5.74) is 0.143. The van der Waals surface area contributed by atoms with E-state index in [-0.39, 0.29) is 5.56 Å². The van der Waals surface area contributed by atoms with Crippen molar-refractivity contribution < 1.29 is 14.6 Å². The van der Waals surface area contributed by atoms with Crippen LogP contribution in [-0.4, -0.2) is 11.1 Å². The highest BCUT2D eigenvalue weighted by Crippen LogP contribution is 2.29. The molecule has 1 heterocycles. The number of carbonyl (C=O) groups is 1. The summed E-state index contributed by atoms with van der Waals surface area (Å²) in [6.07, 6.45) is 0. The fraction of sp³-hybridized carbons (Fsp3) is 0.0833. The predicted molar refractivity (Wildman–Crippen MR) is 74.8 cm³/mol. The molecule has 0 amide bonds. The summed E-state index contributed by atoms with van der Waals surface area (Å²) in [4.78, 5) is 11.8. The number of carboxylic acid groups (broad SMARTS) is 1. The number of carboxylic acids is 1. The Kier molecular flexibility index (Phi) is 4.27. The first kappa shape index (κ1) is 13.4. The van der Waals surface area contributed by atoms with Gasteiger partial charge in [-0.2, -0.15) is 0 Å². The van der Waals surface area contributed by atoms with Crippen molar-refractivity contribution in [2.75, 3.05) is 0 Å². The number of rotatable bonds is 4. The Bertz CT molecular complexity index is 582. The number of hydrogen-bond acceptors (Lipinski definition) is 3. The molecule has 94 valence electrons. The Morgan fingerprint density at radius 1 is 1.44 bits per heavy atom. The van der Waals surface area contributed by atoms with E-state index >= 15 is 0 Å². The second kappa shape index (κ2) is 5.73. The van der Waals surface area contributed by atoms with Crippen LogP contribution >= 0.6 is 38.9 Å². The van der Waals surface area contributed by atoms with Crippen LogP contribution in [0.15, 0.2) is 34.1 Å². The molecule has 18 heavy (non-hydrogen) atoms. The molecule has 2 aromatic rings. The van der Waals surface area contributed by atoms with E-state index in [1.165, 1.54) is 12.1 Å². The van der Waals surface area contributed by atoms with Gasteiger partial charge in [0.05, 0.1) is 15.5 Å². The van der Waals surface area contributed by atoms with Crippen molar-refractivity contribution in [1.82, 2.24) is 0 Å². The minimum absolute atomic E-state index is 0.143. The molecule has 1 N–H and O–H groups in total. The third-order valence-corrected chi connectivity index (χ3v) is 4.42. The van der Waals surface area contributed by atoms with Crippen LogP contribution < -0.4 is 4.74 Å². The maximum Gasteiger partial charge on any atom is 0.335 e. The summed E-state index contributed by atoms with van der Waals surface area (Å²) in [7, 11) is 0. The lowest BCUT2D eigenvalue weighted by Crippen LogP contribution is -1.98. The molecule has 2 rings (SSSR count). The Morgan fingerprint density at radius 2 is 2.22 bits per heavy atom. The normalized spacial score (nSPS) is 10.3. The first-order chi connectivity index (χ1) is 8.58. The topological polar surface area (TPSA) is 46.5 Å². The highest BCUT2D eigenvalue weighted by Gasteiger charge is 2.09. The van der Waals surface area contributed by atoms with E-state index < -0.39 is 5.97 Å². The van der Waals surface area contributed by atoms with Crippen LogP contribution in [-0.2, 0) is 6.61 Å². The summed E-state index contributed by atoms with van der Waals surface area (Å²) in [5.74, 6) is -0.536. The largest absolute Gasteiger partial charge is 0.486 e. The van der Waals surface area contributed by atoms with Gasteiger partial charge in [-0.05, 0) is 45.6 Å². The van der Waals surface area contributed by atoms with Gasteiger partial charge in [0.15, 0.2) is 0 Å². The average molecular weight is 348 g/mol. The number of halogens is 2. The van der Waals surface area contributed by atoms with Crippen molar-refractivity contribution in [2.24, 2.45) is 0 Å². The molecule has 1 aromatic heterocycles. The molecule has 0 fully saturated rings. The van der Waals surface area contributed by atoms with Gasteiger partial charge in [-0.3, -0.25) is 0 Å². The molecule has 0 unspecified atom stereocenters. The van der Waals surface area contributed by atoms with E-state index in [4.69, 9.17) is 21.4 Å². The fourth-order valence-corrected chi connectivity index (χ4v) is 2.94. The summed E-state index contributed by atoms with van der Waals surface area (Å²) in [6, 6.07) is 6.35. The van der Waals surface area contributed by atoms with Gasteiger partial charge in [0.2, 0.25) is 0 Å². The van der Waals surface area contributed by atoms with Crippen molar-refractivity contribution in [3.05, 3.63) is 49.6 Å². The van der Waals surface area contributed by atoms with Gasteiger partial charge in [0.1, 0.15) is 12.4 Å². The number of hydrogen-bond donors (Lipinski definition) is 1. The van der Waals surface area contributed by atoms with Crippen molar-refractivity contribution in [3.63, 3.8) is 0 Å². The number of aromatic carboxylic acids is 1. The van der Waals surface area contributed by atoms with Crippen molar-refractivity contribution >= 4 is 44.8 Å². The molecule has 0 atom stereocenters. The van der Waals surface area contributed by atoms with Gasteiger partial charge in [0, 0.05) is 4.47 Å². The molecule has 0 spiro atoms. The molecule has 0 saturated carbocycles. The summed E-state index contributed by atoms with van der Waals surface area (Å²) < 4.78 is 6.54. The first-order valence-electron chi connectivity index (χ1n) is 4.95. The van der Waals surface area contributed by atoms with E-state index in [0.717, 1.165) is 9.35 Å². The number of benzene rings is 1. The van der Waals surface area contributed by atoms with Gasteiger partial charge in [-0.25, -0.2) is 4.79 Å². The zero-order valence-electron chi connectivity index (χ0n) is 9.02. The Hall–Kier alpha value is -1.04. The molecule has 0 aliphatic heterocycles. The lowest BCUT2D eigenvalue weighted by Gasteiger charge is -2.07. The Labute approximate surface area is 121 Å². The van der Waals surface area contributed by atoms with Crippen molar-refractivity contribution in [1.29, 1.82) is 0 Å². The van der Waals surface area contributed by atoms with Crippen LogP contribution in [0.4, 0.5) is 0 Å². The van der Waals surface area contributed by atoms with E-state index in [9.17, 15) is 4.79 Å². The van der Waals surface area contributed by atoms with Gasteiger partial charge in [-0.15, -0.1) is 11.3 Å². The van der Waals surface area contributed by atoms with E-state index in [1.807, 2.05) is 11.4 Å². The molecular weight excluding hydrogens is 340 g/mol. The summed E-state index contributed by atoms with van der Waals surface area (Å²) >= 11 is 10.9. The first-order valence-corrected chi connectivity index (χ1v) is 7.00. The molecule has 0 saturated heterocycles. The maximum atomic E-state index is 10.7. The van der Waals surface area contributed by atoms with Crippen LogP contribution in [0.1, 0.15) is 15.2 Å². The highest BCUT2D eigenvalue weighted by molar-refractivity contribution is 9.10. The smallest absolute Gasteiger partial charge is 0.335 e.